The molecule has 2 atom stereocenters. The predicted octanol–water partition coefficient (Wildman–Crippen LogP) is 4.20. The number of anilines is 1. The van der Waals surface area contributed by atoms with Crippen LogP contribution in [-0.4, -0.2) is 40.7 Å². The highest BCUT2D eigenvalue weighted by molar-refractivity contribution is 5.93. The number of amides is 2. The Hall–Kier alpha value is -4.46. The molecule has 3 N–H and O–H groups in total. The number of carboxylic acid groups (broad SMARTS) is 1. The summed E-state index contributed by atoms with van der Waals surface area (Å²) in [5, 5.41) is 14.4. The summed E-state index contributed by atoms with van der Waals surface area (Å²) in [5.41, 5.74) is 5.12. The van der Waals surface area contributed by atoms with E-state index in [1.54, 1.807) is 18.2 Å². The van der Waals surface area contributed by atoms with Gasteiger partial charge in [0.2, 0.25) is 0 Å². The maximum Gasteiger partial charge on any atom is 0.411 e. The maximum atomic E-state index is 12.4. The van der Waals surface area contributed by atoms with Crippen molar-refractivity contribution in [2.24, 2.45) is 5.92 Å². The topological polar surface area (TPSA) is 118 Å². The van der Waals surface area contributed by atoms with E-state index in [2.05, 4.69) is 39.9 Å². The van der Waals surface area contributed by atoms with Gasteiger partial charge in [-0.2, -0.15) is 0 Å². The molecule has 0 spiro atoms. The van der Waals surface area contributed by atoms with E-state index < -0.39 is 23.9 Å². The number of aliphatic carboxylic acids is 1. The fourth-order valence-electron chi connectivity index (χ4n) is 4.59. The lowest BCUT2D eigenvalue weighted by atomic mass is 9.98. The molecular weight excluding hydrogens is 446 g/mol. The highest BCUT2D eigenvalue weighted by Crippen LogP contribution is 2.44. The van der Waals surface area contributed by atoms with E-state index in [1.165, 1.54) is 12.3 Å². The van der Waals surface area contributed by atoms with Crippen LogP contribution in [0.15, 0.2) is 79.0 Å². The minimum absolute atomic E-state index is 0.0392. The van der Waals surface area contributed by atoms with Gasteiger partial charge in [0.15, 0.2) is 0 Å². The second-order valence-corrected chi connectivity index (χ2v) is 8.53. The van der Waals surface area contributed by atoms with Crippen molar-refractivity contribution < 1.29 is 24.2 Å². The largest absolute Gasteiger partial charge is 0.481 e. The van der Waals surface area contributed by atoms with Crippen molar-refractivity contribution in [3.63, 3.8) is 0 Å². The number of benzene rings is 2. The van der Waals surface area contributed by atoms with Gasteiger partial charge in [-0.1, -0.05) is 60.7 Å². The first-order valence-corrected chi connectivity index (χ1v) is 11.3. The fraction of sp³-hybridized carbons (Fsp3) is 0.185. The minimum Gasteiger partial charge on any atom is -0.481 e. The lowest BCUT2D eigenvalue weighted by Gasteiger charge is -2.15. The Labute approximate surface area is 201 Å². The molecule has 1 aromatic heterocycles. The van der Waals surface area contributed by atoms with Crippen molar-refractivity contribution in [3.8, 4) is 11.1 Å². The third-order valence-corrected chi connectivity index (χ3v) is 6.30. The predicted molar refractivity (Wildman–Crippen MR) is 129 cm³/mol. The van der Waals surface area contributed by atoms with E-state index in [-0.39, 0.29) is 24.3 Å². The summed E-state index contributed by atoms with van der Waals surface area (Å²) in [6, 6.07) is 18.9. The minimum atomic E-state index is -0.917. The number of aromatic nitrogens is 1. The van der Waals surface area contributed by atoms with Crippen molar-refractivity contribution in [3.05, 3.63) is 95.8 Å². The van der Waals surface area contributed by atoms with Crippen LogP contribution < -0.4 is 10.6 Å². The van der Waals surface area contributed by atoms with E-state index in [9.17, 15) is 14.4 Å². The summed E-state index contributed by atoms with van der Waals surface area (Å²) in [4.78, 5) is 40.0. The average Bonchev–Trinajstić information content (AvgIpc) is 3.46. The molecule has 8 heteroatoms. The van der Waals surface area contributed by atoms with Crippen LogP contribution in [0.4, 0.5) is 10.5 Å². The van der Waals surface area contributed by atoms with Gasteiger partial charge >= 0.3 is 12.1 Å². The Kier molecular flexibility index (Phi) is 6.01. The number of hydrogen-bond donors (Lipinski definition) is 3. The third kappa shape index (κ3) is 4.63. The summed E-state index contributed by atoms with van der Waals surface area (Å²) < 4.78 is 5.53. The molecule has 5 rings (SSSR count). The van der Waals surface area contributed by atoms with Crippen molar-refractivity contribution in [2.45, 2.75) is 18.4 Å². The monoisotopic (exact) mass is 469 g/mol. The lowest BCUT2D eigenvalue weighted by molar-refractivity contribution is -0.140. The van der Waals surface area contributed by atoms with Gasteiger partial charge < -0.3 is 15.2 Å². The number of hydrogen-bond acceptors (Lipinski definition) is 5. The second-order valence-electron chi connectivity index (χ2n) is 8.53. The van der Waals surface area contributed by atoms with Crippen LogP contribution in [0, 0.1) is 5.92 Å². The van der Waals surface area contributed by atoms with Crippen molar-refractivity contribution in [2.75, 3.05) is 11.9 Å². The molecule has 2 unspecified atom stereocenters. The van der Waals surface area contributed by atoms with Gasteiger partial charge in [0.05, 0.1) is 17.8 Å². The number of carbonyl (C=O) groups is 3. The van der Waals surface area contributed by atoms with Gasteiger partial charge in [-0.3, -0.25) is 14.9 Å². The first-order valence-electron chi connectivity index (χ1n) is 11.3. The number of pyridine rings is 1. The first kappa shape index (κ1) is 22.3. The molecule has 3 aromatic rings. The summed E-state index contributed by atoms with van der Waals surface area (Å²) in [5.74, 6) is -1.97. The van der Waals surface area contributed by atoms with Crippen LogP contribution in [0.5, 0.6) is 0 Å². The van der Waals surface area contributed by atoms with Crippen LogP contribution >= 0.6 is 0 Å². The number of nitrogens with one attached hydrogen (secondary N) is 2. The van der Waals surface area contributed by atoms with Crippen molar-refractivity contribution in [1.82, 2.24) is 10.3 Å². The number of carbonyl (C=O) groups excluding carboxylic acids is 2. The molecule has 1 heterocycles. The van der Waals surface area contributed by atoms with Gasteiger partial charge in [-0.15, -0.1) is 0 Å². The number of ether oxygens (including phenoxy) is 1. The smallest absolute Gasteiger partial charge is 0.411 e. The zero-order chi connectivity index (χ0) is 24.4. The number of fused-ring (bicyclic) bond motifs is 3. The molecule has 176 valence electrons. The SMILES string of the molecule is O=C(Nc1ccc(C(=O)NC2C=CC(C(=O)O)C2)nc1)OCC1c2ccccc2-c2ccccc21. The molecular formula is C27H23N3O5. The highest BCUT2D eigenvalue weighted by atomic mass is 16.5. The van der Waals surface area contributed by atoms with E-state index in [4.69, 9.17) is 9.84 Å². The molecule has 2 aliphatic carbocycles. The highest BCUT2D eigenvalue weighted by Gasteiger charge is 2.29. The fourth-order valence-corrected chi connectivity index (χ4v) is 4.59. The van der Waals surface area contributed by atoms with Crippen LogP contribution in [0.25, 0.3) is 11.1 Å². The number of nitrogens with zero attached hydrogens (tertiary/aromatic N) is 1. The Bertz CT molecular complexity index is 1270. The van der Waals surface area contributed by atoms with E-state index in [1.807, 2.05) is 24.3 Å². The van der Waals surface area contributed by atoms with Gasteiger partial charge in [0.1, 0.15) is 12.3 Å². The molecule has 0 fully saturated rings. The van der Waals surface area contributed by atoms with Crippen LogP contribution in [0.3, 0.4) is 0 Å². The normalized spacial score (nSPS) is 17.9. The Balaban J connectivity index is 1.16. The molecule has 2 aromatic carbocycles. The first-order chi connectivity index (χ1) is 17.0. The van der Waals surface area contributed by atoms with Crippen LogP contribution in [0.2, 0.25) is 0 Å². The Morgan fingerprint density at radius 3 is 2.23 bits per heavy atom. The second kappa shape index (κ2) is 9.42. The molecule has 0 saturated heterocycles. The van der Waals surface area contributed by atoms with Crippen LogP contribution in [-0.2, 0) is 9.53 Å². The van der Waals surface area contributed by atoms with E-state index in [0.717, 1.165) is 22.3 Å². The molecule has 2 aliphatic rings. The quantitative estimate of drug-likeness (QED) is 0.466. The van der Waals surface area contributed by atoms with Crippen molar-refractivity contribution >= 4 is 23.7 Å². The van der Waals surface area contributed by atoms with E-state index >= 15 is 0 Å². The van der Waals surface area contributed by atoms with Gasteiger partial charge in [-0.05, 0) is 40.8 Å². The molecule has 0 bridgehead atoms. The van der Waals surface area contributed by atoms with Gasteiger partial charge in [0, 0.05) is 12.0 Å². The molecule has 2 amide bonds. The van der Waals surface area contributed by atoms with Gasteiger partial charge in [0.25, 0.3) is 5.91 Å². The lowest BCUT2D eigenvalue weighted by Crippen LogP contribution is -2.33. The molecule has 0 saturated carbocycles. The third-order valence-electron chi connectivity index (χ3n) is 6.30. The zero-order valence-corrected chi connectivity index (χ0v) is 18.7. The number of rotatable bonds is 6. The summed E-state index contributed by atoms with van der Waals surface area (Å²) in [6.07, 6.45) is 4.32. The maximum absolute atomic E-state index is 12.4. The Morgan fingerprint density at radius 2 is 1.63 bits per heavy atom. The molecule has 0 aliphatic heterocycles. The summed E-state index contributed by atoms with van der Waals surface area (Å²) in [6.45, 7) is 0.194. The van der Waals surface area contributed by atoms with Crippen molar-refractivity contribution in [1.29, 1.82) is 0 Å². The van der Waals surface area contributed by atoms with Gasteiger partial charge in [-0.25, -0.2) is 9.78 Å². The van der Waals surface area contributed by atoms with E-state index in [0.29, 0.717) is 12.1 Å². The summed E-state index contributed by atoms with van der Waals surface area (Å²) >= 11 is 0. The Morgan fingerprint density at radius 1 is 0.943 bits per heavy atom. The van der Waals surface area contributed by atoms with Crippen LogP contribution in [0.1, 0.15) is 34.0 Å². The number of carboxylic acids is 1. The molecule has 8 nitrogen and oxygen atoms in total. The average molecular weight is 469 g/mol. The molecule has 35 heavy (non-hydrogen) atoms. The molecule has 0 radical (unpaired) electrons. The summed E-state index contributed by atoms with van der Waals surface area (Å²) in [7, 11) is 0. The standard InChI is InChI=1S/C27H23N3O5/c31-25(29-17-10-9-16(13-17)26(32)33)24-12-11-18(14-28-24)30-27(34)35-15-23-21-7-3-1-5-19(21)20-6-2-4-8-22(20)23/h1-12,14,16-17,23H,13,15H2,(H,29,31)(H,30,34)(H,32,33). The zero-order valence-electron chi connectivity index (χ0n) is 18.7.